The predicted molar refractivity (Wildman–Crippen MR) is 142 cm³/mol. The molecule has 2 N–H and O–H groups in total. The van der Waals surface area contributed by atoms with Crippen LogP contribution in [-0.2, 0) is 30.5 Å². The maximum Gasteiger partial charge on any atom is 0.332 e. The quantitative estimate of drug-likeness (QED) is 0.423. The smallest absolute Gasteiger partial charge is 0.332 e. The van der Waals surface area contributed by atoms with Crippen LogP contribution in [0.2, 0.25) is 18.1 Å². The summed E-state index contributed by atoms with van der Waals surface area (Å²) in [4.78, 5) is 28.0. The van der Waals surface area contributed by atoms with Crippen LogP contribution < -0.4 is 17.0 Å². The first kappa shape index (κ1) is 28.2. The molecule has 0 aliphatic carbocycles. The third kappa shape index (κ3) is 4.89. The second-order valence-corrected chi connectivity index (χ2v) is 18.1. The first-order chi connectivity index (χ1) is 17.0. The van der Waals surface area contributed by atoms with Gasteiger partial charge < -0.3 is 19.8 Å². The van der Waals surface area contributed by atoms with Crippen LogP contribution in [0, 0.1) is 6.92 Å². The number of nitrogens with two attached hydrogens (primary N) is 1. The van der Waals surface area contributed by atoms with Crippen molar-refractivity contribution in [3.63, 3.8) is 0 Å². The Balaban J connectivity index is 1.91. The van der Waals surface area contributed by atoms with Crippen LogP contribution in [0.5, 0.6) is 0 Å². The minimum Gasteiger partial charge on any atom is -0.406 e. The number of rotatable bonds is 5. The van der Waals surface area contributed by atoms with Gasteiger partial charge in [0.1, 0.15) is 12.2 Å². The SMILES string of the molecule is Cc1cn([C@@H]2OC(CN3CCCCC3)C3(OS(=O)(=O)C=C3N)[C@H]2O[Si](C)(C)C(C)(C)C)c(=O)n(C)c1=O. The van der Waals surface area contributed by atoms with Crippen molar-refractivity contribution in [2.45, 2.75) is 89.1 Å². The minimum absolute atomic E-state index is 0.00434. The van der Waals surface area contributed by atoms with Gasteiger partial charge in [0, 0.05) is 25.4 Å². The largest absolute Gasteiger partial charge is 0.406 e. The van der Waals surface area contributed by atoms with Crippen LogP contribution in [0.4, 0.5) is 0 Å². The van der Waals surface area contributed by atoms with Gasteiger partial charge in [-0.3, -0.25) is 13.9 Å². The molecule has 2 fully saturated rings. The Hall–Kier alpha value is -1.77. The lowest BCUT2D eigenvalue weighted by molar-refractivity contribution is -0.0519. The molecule has 1 aromatic rings. The van der Waals surface area contributed by atoms with Gasteiger partial charge in [0.05, 0.1) is 11.1 Å². The monoisotopic (exact) mass is 556 g/mol. The second-order valence-electron chi connectivity index (χ2n) is 12.0. The molecule has 3 aliphatic heterocycles. The van der Waals surface area contributed by atoms with E-state index < -0.39 is 53.7 Å². The zero-order valence-corrected chi connectivity index (χ0v) is 24.6. The third-order valence-corrected chi connectivity index (χ3v) is 13.8. The van der Waals surface area contributed by atoms with Crippen molar-refractivity contribution < 1.29 is 21.8 Å². The predicted octanol–water partition coefficient (Wildman–Crippen LogP) is 1.53. The number of likely N-dealkylation sites (tertiary alicyclic amines) is 1. The van der Waals surface area contributed by atoms with Gasteiger partial charge in [-0.15, -0.1) is 0 Å². The van der Waals surface area contributed by atoms with Gasteiger partial charge in [0.25, 0.3) is 15.7 Å². The van der Waals surface area contributed by atoms with Gasteiger partial charge in [0.15, 0.2) is 20.1 Å². The maximum absolute atomic E-state index is 13.3. The molecule has 4 heterocycles. The van der Waals surface area contributed by atoms with Crippen molar-refractivity contribution in [2.75, 3.05) is 19.6 Å². The molecule has 4 rings (SSSR count). The lowest BCUT2D eigenvalue weighted by Crippen LogP contribution is -2.59. The Bertz CT molecular complexity index is 1310. The first-order valence-electron chi connectivity index (χ1n) is 12.8. The van der Waals surface area contributed by atoms with Crippen molar-refractivity contribution in [1.29, 1.82) is 0 Å². The fourth-order valence-electron chi connectivity index (χ4n) is 5.13. The maximum atomic E-state index is 13.3. The summed E-state index contributed by atoms with van der Waals surface area (Å²) in [5.41, 5.74) is 4.15. The molecular weight excluding hydrogens is 516 g/mol. The topological polar surface area (TPSA) is 135 Å². The van der Waals surface area contributed by atoms with Crippen LogP contribution in [0.1, 0.15) is 51.8 Å². The van der Waals surface area contributed by atoms with Crippen LogP contribution >= 0.6 is 0 Å². The molecule has 13 heteroatoms. The second kappa shape index (κ2) is 9.45. The molecule has 0 radical (unpaired) electrons. The van der Waals surface area contributed by atoms with Gasteiger partial charge in [-0.2, -0.15) is 8.42 Å². The van der Waals surface area contributed by atoms with Gasteiger partial charge in [0.2, 0.25) is 0 Å². The average Bonchev–Trinajstić information content (AvgIpc) is 3.21. The van der Waals surface area contributed by atoms with Crippen molar-refractivity contribution in [3.8, 4) is 0 Å². The molecule has 0 bridgehead atoms. The molecule has 2 saturated heterocycles. The number of piperidine rings is 1. The van der Waals surface area contributed by atoms with E-state index in [0.717, 1.165) is 42.3 Å². The van der Waals surface area contributed by atoms with E-state index in [9.17, 15) is 18.0 Å². The number of aryl methyl sites for hydroxylation is 1. The third-order valence-electron chi connectivity index (χ3n) is 8.30. The van der Waals surface area contributed by atoms with E-state index in [1.165, 1.54) is 17.8 Å². The Morgan fingerprint density at radius 3 is 2.35 bits per heavy atom. The summed E-state index contributed by atoms with van der Waals surface area (Å²) in [6.45, 7) is 13.9. The normalized spacial score (nSPS) is 30.7. The molecule has 0 aromatic carbocycles. The fraction of sp³-hybridized carbons (Fsp3) is 0.750. The Morgan fingerprint density at radius 2 is 1.81 bits per heavy atom. The van der Waals surface area contributed by atoms with Crippen LogP contribution in [0.15, 0.2) is 26.9 Å². The van der Waals surface area contributed by atoms with Crippen molar-refractivity contribution in [1.82, 2.24) is 14.0 Å². The average molecular weight is 557 g/mol. The summed E-state index contributed by atoms with van der Waals surface area (Å²) in [5.74, 6) is 0. The zero-order valence-electron chi connectivity index (χ0n) is 22.8. The molecule has 4 atom stereocenters. The van der Waals surface area contributed by atoms with E-state index in [1.54, 1.807) is 6.92 Å². The number of ether oxygens (including phenoxy) is 1. The van der Waals surface area contributed by atoms with Crippen LogP contribution in [0.3, 0.4) is 0 Å². The Morgan fingerprint density at radius 1 is 1.19 bits per heavy atom. The number of hydrogen-bond donors (Lipinski definition) is 1. The van der Waals surface area contributed by atoms with E-state index in [1.807, 2.05) is 13.1 Å². The van der Waals surface area contributed by atoms with E-state index in [0.29, 0.717) is 12.1 Å². The summed E-state index contributed by atoms with van der Waals surface area (Å²) in [5, 5.41) is 0.683. The van der Waals surface area contributed by atoms with Crippen LogP contribution in [0.25, 0.3) is 0 Å². The lowest BCUT2D eigenvalue weighted by atomic mass is 9.88. The molecule has 3 aliphatic rings. The van der Waals surface area contributed by atoms with Crippen LogP contribution in [-0.4, -0.2) is 68.2 Å². The Kier molecular flexibility index (Phi) is 7.21. The van der Waals surface area contributed by atoms with E-state index in [4.69, 9.17) is 19.1 Å². The fourth-order valence-corrected chi connectivity index (χ4v) is 7.64. The summed E-state index contributed by atoms with van der Waals surface area (Å²) in [6.07, 6.45) is 1.68. The molecular formula is C24H40N4O7SSi. The molecule has 11 nitrogen and oxygen atoms in total. The van der Waals surface area contributed by atoms with Gasteiger partial charge in [-0.1, -0.05) is 27.2 Å². The summed E-state index contributed by atoms with van der Waals surface area (Å²) in [7, 11) is -5.30. The van der Waals surface area contributed by atoms with Crippen molar-refractivity contribution in [3.05, 3.63) is 43.7 Å². The molecule has 37 heavy (non-hydrogen) atoms. The minimum atomic E-state index is -4.12. The highest BCUT2D eigenvalue weighted by Gasteiger charge is 2.67. The van der Waals surface area contributed by atoms with E-state index in [-0.39, 0.29) is 10.7 Å². The molecule has 0 amide bonds. The zero-order chi connectivity index (χ0) is 27.6. The Labute approximate surface area is 219 Å². The molecule has 2 unspecified atom stereocenters. The number of hydrogen-bond acceptors (Lipinski definition) is 9. The highest BCUT2D eigenvalue weighted by atomic mass is 32.2. The highest BCUT2D eigenvalue weighted by Crippen LogP contribution is 2.51. The van der Waals surface area contributed by atoms with Crippen molar-refractivity contribution in [2.24, 2.45) is 12.8 Å². The van der Waals surface area contributed by atoms with Gasteiger partial charge >= 0.3 is 5.69 Å². The number of aromatic nitrogens is 2. The molecule has 1 aromatic heterocycles. The summed E-state index contributed by atoms with van der Waals surface area (Å²) >= 11 is 0. The van der Waals surface area contributed by atoms with E-state index in [2.05, 4.69) is 25.7 Å². The molecule has 208 valence electrons. The molecule has 1 spiro atoms. The molecule has 0 saturated carbocycles. The van der Waals surface area contributed by atoms with Crippen molar-refractivity contribution >= 4 is 18.4 Å². The van der Waals surface area contributed by atoms with Gasteiger partial charge in [-0.25, -0.2) is 8.98 Å². The highest BCUT2D eigenvalue weighted by molar-refractivity contribution is 7.90. The van der Waals surface area contributed by atoms with Gasteiger partial charge in [-0.05, 0) is 51.0 Å². The summed E-state index contributed by atoms with van der Waals surface area (Å²) < 4.78 is 47.2. The lowest BCUT2D eigenvalue weighted by Gasteiger charge is -2.43. The first-order valence-corrected chi connectivity index (χ1v) is 17.2. The van der Waals surface area contributed by atoms with E-state index >= 15 is 0 Å². The summed E-state index contributed by atoms with van der Waals surface area (Å²) in [6, 6.07) is 0. The number of nitrogens with zero attached hydrogens (tertiary/aromatic N) is 3. The standard InChI is InChI=1S/C24H40N4O7SSi/c1-16-13-28(22(30)26(5)20(16)29)21-19(34-37(6,7)23(2,3)4)24(17(25)15-36(31,32)35-24)18(33-21)14-27-11-9-8-10-12-27/h13,15,18-19,21H,8-12,14,25H2,1-7H3/t18?,19-,21+,24?/m0/s1.